The Hall–Kier alpha value is -1.26. The van der Waals surface area contributed by atoms with Crippen molar-refractivity contribution in [3.8, 4) is 6.07 Å². The third-order valence-electron chi connectivity index (χ3n) is 2.55. The number of halogens is 3. The number of hydrogen-bond acceptors (Lipinski definition) is 3. The number of anilines is 1. The molecule has 0 aliphatic carbocycles. The van der Waals surface area contributed by atoms with E-state index in [1.807, 2.05) is 6.07 Å². The zero-order valence-electron chi connectivity index (χ0n) is 10.3. The van der Waals surface area contributed by atoms with Gasteiger partial charge in [0.2, 0.25) is 0 Å². The van der Waals surface area contributed by atoms with Gasteiger partial charge in [-0.1, -0.05) is 29.3 Å². The standard InChI is InChI=1S/C13H7BrCl2N2O2S/c14-10-4-5-11(13(16)12(10)15)18-21(19,20)9-3-1-2-8(6-9)7-17/h1-6,18H. The molecule has 2 aromatic rings. The first-order chi connectivity index (χ1) is 9.85. The summed E-state index contributed by atoms with van der Waals surface area (Å²) in [6.07, 6.45) is 0. The van der Waals surface area contributed by atoms with Crippen molar-refractivity contribution in [2.75, 3.05) is 4.72 Å². The van der Waals surface area contributed by atoms with Gasteiger partial charge in [-0.25, -0.2) is 8.42 Å². The van der Waals surface area contributed by atoms with E-state index in [9.17, 15) is 8.42 Å². The summed E-state index contributed by atoms with van der Waals surface area (Å²) in [7, 11) is -3.86. The summed E-state index contributed by atoms with van der Waals surface area (Å²) >= 11 is 15.2. The van der Waals surface area contributed by atoms with Gasteiger partial charge < -0.3 is 0 Å². The third-order valence-corrected chi connectivity index (χ3v) is 5.69. The van der Waals surface area contributed by atoms with E-state index in [0.717, 1.165) is 0 Å². The zero-order valence-corrected chi connectivity index (χ0v) is 14.2. The quantitative estimate of drug-likeness (QED) is 0.767. The van der Waals surface area contributed by atoms with Gasteiger partial charge in [-0.3, -0.25) is 4.72 Å². The summed E-state index contributed by atoms with van der Waals surface area (Å²) < 4.78 is 27.5. The Bertz CT molecular complexity index is 848. The lowest BCUT2D eigenvalue weighted by molar-refractivity contribution is 0.601. The Kier molecular flexibility index (Phi) is 4.79. The van der Waals surface area contributed by atoms with Crippen LogP contribution in [-0.4, -0.2) is 8.42 Å². The van der Waals surface area contributed by atoms with Gasteiger partial charge in [0.15, 0.2) is 0 Å². The van der Waals surface area contributed by atoms with Crippen LogP contribution in [0.25, 0.3) is 0 Å². The number of sulfonamides is 1. The maximum Gasteiger partial charge on any atom is 0.261 e. The van der Waals surface area contributed by atoms with Crippen LogP contribution >= 0.6 is 39.1 Å². The number of benzene rings is 2. The van der Waals surface area contributed by atoms with Crippen LogP contribution in [0.3, 0.4) is 0 Å². The zero-order chi connectivity index (χ0) is 15.6. The van der Waals surface area contributed by atoms with Crippen molar-refractivity contribution in [3.63, 3.8) is 0 Å². The molecule has 0 saturated heterocycles. The van der Waals surface area contributed by atoms with Gasteiger partial charge >= 0.3 is 0 Å². The van der Waals surface area contributed by atoms with Gasteiger partial charge in [-0.2, -0.15) is 5.26 Å². The predicted octanol–water partition coefficient (Wildman–Crippen LogP) is 4.43. The van der Waals surface area contributed by atoms with Crippen molar-refractivity contribution in [1.82, 2.24) is 0 Å². The van der Waals surface area contributed by atoms with E-state index in [1.165, 1.54) is 30.3 Å². The topological polar surface area (TPSA) is 70.0 Å². The lowest BCUT2D eigenvalue weighted by Crippen LogP contribution is -2.13. The van der Waals surface area contributed by atoms with Crippen LogP contribution in [0.4, 0.5) is 5.69 Å². The van der Waals surface area contributed by atoms with Gasteiger partial charge in [-0.15, -0.1) is 0 Å². The van der Waals surface area contributed by atoms with E-state index in [-0.39, 0.29) is 26.2 Å². The number of nitriles is 1. The Morgan fingerprint density at radius 1 is 1.14 bits per heavy atom. The molecule has 0 heterocycles. The van der Waals surface area contributed by atoms with Crippen LogP contribution in [0, 0.1) is 11.3 Å². The van der Waals surface area contributed by atoms with Crippen LogP contribution in [0.2, 0.25) is 10.0 Å². The lowest BCUT2D eigenvalue weighted by atomic mass is 10.2. The van der Waals surface area contributed by atoms with E-state index in [4.69, 9.17) is 28.5 Å². The summed E-state index contributed by atoms with van der Waals surface area (Å²) in [6, 6.07) is 10.6. The summed E-state index contributed by atoms with van der Waals surface area (Å²) in [6.45, 7) is 0. The Labute approximate surface area is 140 Å². The molecule has 2 aromatic carbocycles. The first-order valence-electron chi connectivity index (χ1n) is 5.51. The molecule has 8 heteroatoms. The first kappa shape index (κ1) is 16.1. The summed E-state index contributed by atoms with van der Waals surface area (Å²) in [5, 5.41) is 9.12. The fourth-order valence-electron chi connectivity index (χ4n) is 1.54. The molecule has 0 aliphatic rings. The molecule has 0 unspecified atom stereocenters. The SMILES string of the molecule is N#Cc1cccc(S(=O)(=O)Nc2ccc(Br)c(Cl)c2Cl)c1. The normalized spacial score (nSPS) is 11.0. The van der Waals surface area contributed by atoms with Crippen LogP contribution in [0.5, 0.6) is 0 Å². The Morgan fingerprint density at radius 2 is 1.86 bits per heavy atom. The molecule has 1 N–H and O–H groups in total. The predicted molar refractivity (Wildman–Crippen MR) is 86.1 cm³/mol. The van der Waals surface area contributed by atoms with Crippen molar-refractivity contribution in [2.24, 2.45) is 0 Å². The van der Waals surface area contributed by atoms with Crippen molar-refractivity contribution < 1.29 is 8.42 Å². The molecule has 108 valence electrons. The van der Waals surface area contributed by atoms with Crippen molar-refractivity contribution in [2.45, 2.75) is 4.90 Å². The van der Waals surface area contributed by atoms with E-state index < -0.39 is 10.0 Å². The molecule has 4 nitrogen and oxygen atoms in total. The summed E-state index contributed by atoms with van der Waals surface area (Å²) in [5.41, 5.74) is 0.407. The van der Waals surface area contributed by atoms with Gasteiger partial charge in [0, 0.05) is 4.47 Å². The van der Waals surface area contributed by atoms with Crippen molar-refractivity contribution in [3.05, 3.63) is 56.5 Å². The van der Waals surface area contributed by atoms with E-state index >= 15 is 0 Å². The highest BCUT2D eigenvalue weighted by molar-refractivity contribution is 9.10. The molecule has 0 spiro atoms. The fourth-order valence-corrected chi connectivity index (χ4v) is 3.54. The number of hydrogen-bond donors (Lipinski definition) is 1. The highest BCUT2D eigenvalue weighted by Gasteiger charge is 2.18. The monoisotopic (exact) mass is 404 g/mol. The molecule has 2 rings (SSSR count). The van der Waals surface area contributed by atoms with Crippen molar-refractivity contribution in [1.29, 1.82) is 5.26 Å². The molecular formula is C13H7BrCl2N2O2S. The molecule has 0 aliphatic heterocycles. The van der Waals surface area contributed by atoms with Crippen LogP contribution < -0.4 is 4.72 Å². The minimum atomic E-state index is -3.86. The Balaban J connectivity index is 2.43. The highest BCUT2D eigenvalue weighted by atomic mass is 79.9. The average Bonchev–Trinajstić information content (AvgIpc) is 2.48. The fraction of sp³-hybridized carbons (Fsp3) is 0. The van der Waals surface area contributed by atoms with Gasteiger partial charge in [0.1, 0.15) is 0 Å². The third kappa shape index (κ3) is 3.50. The van der Waals surface area contributed by atoms with E-state index in [0.29, 0.717) is 4.47 Å². The lowest BCUT2D eigenvalue weighted by Gasteiger charge is -2.11. The minimum absolute atomic E-state index is 0.0309. The second-order valence-corrected chi connectivity index (χ2v) is 7.26. The van der Waals surface area contributed by atoms with Gasteiger partial charge in [0.05, 0.1) is 32.3 Å². The van der Waals surface area contributed by atoms with E-state index in [2.05, 4.69) is 20.7 Å². The summed E-state index contributed by atoms with van der Waals surface area (Å²) in [5.74, 6) is 0. The van der Waals surface area contributed by atoms with E-state index in [1.54, 1.807) is 6.07 Å². The second-order valence-electron chi connectivity index (χ2n) is 3.97. The van der Waals surface area contributed by atoms with Gasteiger partial charge in [0.25, 0.3) is 10.0 Å². The highest BCUT2D eigenvalue weighted by Crippen LogP contribution is 2.36. The molecule has 21 heavy (non-hydrogen) atoms. The minimum Gasteiger partial charge on any atom is -0.278 e. The summed E-state index contributed by atoms with van der Waals surface area (Å²) in [4.78, 5) is -0.0309. The molecule has 0 bridgehead atoms. The Morgan fingerprint density at radius 3 is 2.52 bits per heavy atom. The van der Waals surface area contributed by atoms with Crippen molar-refractivity contribution >= 4 is 54.8 Å². The molecule has 0 aromatic heterocycles. The molecule has 0 saturated carbocycles. The number of nitrogens with zero attached hydrogens (tertiary/aromatic N) is 1. The molecule has 0 radical (unpaired) electrons. The first-order valence-corrected chi connectivity index (χ1v) is 8.55. The largest absolute Gasteiger partial charge is 0.278 e. The maximum absolute atomic E-state index is 12.3. The average molecular weight is 406 g/mol. The maximum atomic E-state index is 12.3. The number of nitrogens with one attached hydrogen (secondary N) is 1. The second kappa shape index (κ2) is 6.24. The van der Waals surface area contributed by atoms with Crippen LogP contribution in [0.15, 0.2) is 45.8 Å². The molecule has 0 atom stereocenters. The smallest absolute Gasteiger partial charge is 0.261 e. The van der Waals surface area contributed by atoms with Gasteiger partial charge in [-0.05, 0) is 46.3 Å². The molecule has 0 amide bonds. The van der Waals surface area contributed by atoms with Crippen LogP contribution in [-0.2, 0) is 10.0 Å². The number of rotatable bonds is 3. The molecule has 0 fully saturated rings. The molecular weight excluding hydrogens is 399 g/mol. The van der Waals surface area contributed by atoms with Crippen LogP contribution in [0.1, 0.15) is 5.56 Å².